The standard InChI is InChI=1S/C6H10O2/c1-2-6(8)4-3-5-7/h3-6,8H,2H2,1H3. The van der Waals surface area contributed by atoms with Gasteiger partial charge in [0.1, 0.15) is 6.29 Å². The Morgan fingerprint density at radius 2 is 2.38 bits per heavy atom. The molecule has 2 heteroatoms. The van der Waals surface area contributed by atoms with Crippen LogP contribution in [0.25, 0.3) is 0 Å². The van der Waals surface area contributed by atoms with Crippen molar-refractivity contribution in [2.45, 2.75) is 19.4 Å². The van der Waals surface area contributed by atoms with Gasteiger partial charge in [-0.2, -0.15) is 0 Å². The molecular formula is C6H10O2. The summed E-state index contributed by atoms with van der Waals surface area (Å²) in [6.45, 7) is 1.85. The van der Waals surface area contributed by atoms with Crippen molar-refractivity contribution in [2.75, 3.05) is 0 Å². The molecule has 1 atom stereocenters. The van der Waals surface area contributed by atoms with E-state index in [0.717, 1.165) is 0 Å². The number of aldehydes is 1. The molecule has 2 nitrogen and oxygen atoms in total. The van der Waals surface area contributed by atoms with E-state index in [4.69, 9.17) is 5.11 Å². The molecule has 0 saturated heterocycles. The predicted molar refractivity (Wildman–Crippen MR) is 31.5 cm³/mol. The average molecular weight is 114 g/mol. The van der Waals surface area contributed by atoms with Crippen molar-refractivity contribution in [1.29, 1.82) is 0 Å². The quantitative estimate of drug-likeness (QED) is 0.429. The van der Waals surface area contributed by atoms with Gasteiger partial charge >= 0.3 is 0 Å². The normalized spacial score (nSPS) is 14.2. The molecule has 0 bridgehead atoms. The summed E-state index contributed by atoms with van der Waals surface area (Å²) in [4.78, 5) is 9.63. The van der Waals surface area contributed by atoms with Gasteiger partial charge in [0.25, 0.3) is 0 Å². The zero-order valence-corrected chi connectivity index (χ0v) is 4.87. The molecular weight excluding hydrogens is 104 g/mol. The molecule has 46 valence electrons. The van der Waals surface area contributed by atoms with Crippen LogP contribution in [0.5, 0.6) is 0 Å². The lowest BCUT2D eigenvalue weighted by Gasteiger charge is -1.94. The van der Waals surface area contributed by atoms with Gasteiger partial charge in [-0.3, -0.25) is 4.79 Å². The Labute approximate surface area is 48.8 Å². The van der Waals surface area contributed by atoms with Crippen LogP contribution in [-0.4, -0.2) is 17.5 Å². The average Bonchev–Trinajstić information content (AvgIpc) is 1.83. The summed E-state index contributed by atoms with van der Waals surface area (Å²) < 4.78 is 0. The van der Waals surface area contributed by atoms with Crippen LogP contribution in [0.15, 0.2) is 12.2 Å². The Hall–Kier alpha value is -0.630. The predicted octanol–water partition coefficient (Wildman–Crippen LogP) is 0.512. The van der Waals surface area contributed by atoms with E-state index in [0.29, 0.717) is 12.7 Å². The van der Waals surface area contributed by atoms with Crippen LogP contribution in [0.1, 0.15) is 13.3 Å². The van der Waals surface area contributed by atoms with E-state index in [1.807, 2.05) is 6.92 Å². The largest absolute Gasteiger partial charge is 0.389 e. The van der Waals surface area contributed by atoms with E-state index in [2.05, 4.69) is 0 Å². The minimum atomic E-state index is -0.458. The van der Waals surface area contributed by atoms with Gasteiger partial charge in [-0.05, 0) is 12.5 Å². The molecule has 8 heavy (non-hydrogen) atoms. The maximum atomic E-state index is 9.63. The molecule has 1 unspecified atom stereocenters. The summed E-state index contributed by atoms with van der Waals surface area (Å²) >= 11 is 0. The molecule has 0 fully saturated rings. The Balaban J connectivity index is 3.35. The van der Waals surface area contributed by atoms with Gasteiger partial charge in [-0.1, -0.05) is 13.0 Å². The van der Waals surface area contributed by atoms with Gasteiger partial charge in [-0.25, -0.2) is 0 Å². The van der Waals surface area contributed by atoms with Crippen molar-refractivity contribution < 1.29 is 9.90 Å². The second kappa shape index (κ2) is 4.53. The van der Waals surface area contributed by atoms with Crippen LogP contribution in [0, 0.1) is 0 Å². The summed E-state index contributed by atoms with van der Waals surface area (Å²) in [6.07, 6.45) is 3.62. The summed E-state index contributed by atoms with van der Waals surface area (Å²) in [7, 11) is 0. The zero-order valence-electron chi connectivity index (χ0n) is 4.87. The van der Waals surface area contributed by atoms with Crippen LogP contribution in [-0.2, 0) is 4.79 Å². The minimum absolute atomic E-state index is 0.458. The van der Waals surface area contributed by atoms with Crippen LogP contribution >= 0.6 is 0 Å². The molecule has 1 N–H and O–H groups in total. The van der Waals surface area contributed by atoms with Crippen molar-refractivity contribution in [3.05, 3.63) is 12.2 Å². The van der Waals surface area contributed by atoms with Gasteiger partial charge in [0.15, 0.2) is 0 Å². The highest BCUT2D eigenvalue weighted by Gasteiger charge is 1.89. The van der Waals surface area contributed by atoms with Gasteiger partial charge < -0.3 is 5.11 Å². The third-order valence-corrected chi connectivity index (χ3v) is 0.830. The second-order valence-corrected chi connectivity index (χ2v) is 1.50. The van der Waals surface area contributed by atoms with Crippen molar-refractivity contribution in [1.82, 2.24) is 0 Å². The number of carbonyl (C=O) groups excluding carboxylic acids is 1. The summed E-state index contributed by atoms with van der Waals surface area (Å²) in [6, 6.07) is 0. The van der Waals surface area contributed by atoms with E-state index in [-0.39, 0.29) is 0 Å². The first-order valence-corrected chi connectivity index (χ1v) is 2.61. The molecule has 0 rings (SSSR count). The van der Waals surface area contributed by atoms with Crippen molar-refractivity contribution in [3.63, 3.8) is 0 Å². The Kier molecular flexibility index (Phi) is 4.17. The molecule has 0 aliphatic rings. The lowest BCUT2D eigenvalue weighted by atomic mass is 10.3. The first-order chi connectivity index (χ1) is 3.81. The number of carbonyl (C=O) groups is 1. The number of aliphatic hydroxyl groups excluding tert-OH is 1. The first-order valence-electron chi connectivity index (χ1n) is 2.61. The van der Waals surface area contributed by atoms with Gasteiger partial charge in [0.2, 0.25) is 0 Å². The van der Waals surface area contributed by atoms with Crippen LogP contribution in [0.3, 0.4) is 0 Å². The minimum Gasteiger partial charge on any atom is -0.389 e. The van der Waals surface area contributed by atoms with Crippen LogP contribution < -0.4 is 0 Å². The zero-order chi connectivity index (χ0) is 6.41. The lowest BCUT2D eigenvalue weighted by Crippen LogP contribution is -1.97. The summed E-state index contributed by atoms with van der Waals surface area (Å²) in [5.74, 6) is 0. The third kappa shape index (κ3) is 3.56. The number of hydrogen-bond donors (Lipinski definition) is 1. The molecule has 0 aromatic rings. The fourth-order valence-corrected chi connectivity index (χ4v) is 0.310. The van der Waals surface area contributed by atoms with E-state index in [1.165, 1.54) is 12.2 Å². The monoisotopic (exact) mass is 114 g/mol. The fraction of sp³-hybridized carbons (Fsp3) is 0.500. The maximum Gasteiger partial charge on any atom is 0.142 e. The summed E-state index contributed by atoms with van der Waals surface area (Å²) in [5.41, 5.74) is 0. The SMILES string of the molecule is CCC(O)C=CC=O. The van der Waals surface area contributed by atoms with Crippen molar-refractivity contribution in [3.8, 4) is 0 Å². The maximum absolute atomic E-state index is 9.63. The van der Waals surface area contributed by atoms with E-state index in [9.17, 15) is 4.79 Å². The smallest absolute Gasteiger partial charge is 0.142 e. The molecule has 0 aromatic carbocycles. The van der Waals surface area contributed by atoms with Gasteiger partial charge in [0, 0.05) is 0 Å². The highest BCUT2D eigenvalue weighted by molar-refractivity contribution is 5.64. The molecule has 0 aromatic heterocycles. The highest BCUT2D eigenvalue weighted by Crippen LogP contribution is 1.88. The van der Waals surface area contributed by atoms with Crippen LogP contribution in [0.2, 0.25) is 0 Å². The fourth-order valence-electron chi connectivity index (χ4n) is 0.310. The second-order valence-electron chi connectivity index (χ2n) is 1.50. The Morgan fingerprint density at radius 1 is 1.75 bits per heavy atom. The van der Waals surface area contributed by atoms with E-state index >= 15 is 0 Å². The number of rotatable bonds is 3. The molecule has 0 saturated carbocycles. The molecule has 0 spiro atoms. The number of allylic oxidation sites excluding steroid dienone is 1. The molecule has 0 heterocycles. The molecule has 0 aliphatic carbocycles. The lowest BCUT2D eigenvalue weighted by molar-refractivity contribution is -0.104. The van der Waals surface area contributed by atoms with Crippen molar-refractivity contribution in [2.24, 2.45) is 0 Å². The molecule has 0 radical (unpaired) electrons. The van der Waals surface area contributed by atoms with Gasteiger partial charge in [-0.15, -0.1) is 0 Å². The number of aliphatic hydroxyl groups is 1. The summed E-state index contributed by atoms with van der Waals surface area (Å²) in [5, 5.41) is 8.74. The Morgan fingerprint density at radius 3 is 2.75 bits per heavy atom. The Bertz CT molecular complexity index is 86.5. The van der Waals surface area contributed by atoms with E-state index in [1.54, 1.807) is 0 Å². The van der Waals surface area contributed by atoms with Crippen molar-refractivity contribution >= 4 is 6.29 Å². The topological polar surface area (TPSA) is 37.3 Å². The third-order valence-electron chi connectivity index (χ3n) is 0.830. The van der Waals surface area contributed by atoms with Crippen LogP contribution in [0.4, 0.5) is 0 Å². The number of hydrogen-bond acceptors (Lipinski definition) is 2. The molecule has 0 aliphatic heterocycles. The molecule has 0 amide bonds. The first kappa shape index (κ1) is 7.37. The van der Waals surface area contributed by atoms with Gasteiger partial charge in [0.05, 0.1) is 6.10 Å². The van der Waals surface area contributed by atoms with E-state index < -0.39 is 6.10 Å². The highest BCUT2D eigenvalue weighted by atomic mass is 16.3.